The third-order valence-corrected chi connectivity index (χ3v) is 2.69. The number of hydrogen-bond donors (Lipinski definition) is 3. The van der Waals surface area contributed by atoms with Crippen molar-refractivity contribution >= 4 is 34.5 Å². The Bertz CT molecular complexity index is 679. The maximum atomic E-state index is 11.1. The van der Waals surface area contributed by atoms with Crippen LogP contribution in [0.25, 0.3) is 0 Å². The second-order valence-corrected chi connectivity index (χ2v) is 4.60. The van der Waals surface area contributed by atoms with Gasteiger partial charge in [-0.2, -0.15) is 10.2 Å². The van der Waals surface area contributed by atoms with Crippen LogP contribution in [0.4, 0.5) is 5.69 Å². The zero-order valence-electron chi connectivity index (χ0n) is 11.5. The van der Waals surface area contributed by atoms with E-state index in [1.165, 1.54) is 6.92 Å². The highest BCUT2D eigenvalue weighted by atomic mass is 32.1. The Hall–Kier alpha value is -2.61. The number of ketones is 1. The number of hydrazone groups is 1. The van der Waals surface area contributed by atoms with Crippen molar-refractivity contribution in [3.05, 3.63) is 42.0 Å². The molecule has 8 heteroatoms. The standard InChI is InChI=1S/C13H14N6OS/c1-8(11-15-12(9(2)20)18-17-11)16-19-13(21)14-10-6-4-3-5-7-10/h3-7H,1-2H3,(H2,14,19,21)(H,15,17,18)/b16-8+. The molecule has 0 bridgehead atoms. The highest BCUT2D eigenvalue weighted by molar-refractivity contribution is 7.80. The minimum absolute atomic E-state index is 0.184. The van der Waals surface area contributed by atoms with Gasteiger partial charge in [-0.15, -0.1) is 0 Å². The number of Topliss-reactive ketones (excluding diaryl/α,β-unsaturated/α-hetero) is 1. The SMILES string of the molecule is CC(=O)c1nc(/C(C)=N/NC(=S)Nc2ccccc2)n[nH]1. The van der Waals surface area contributed by atoms with Crippen LogP contribution < -0.4 is 10.7 Å². The Kier molecular flexibility index (Phi) is 4.72. The first kappa shape index (κ1) is 14.8. The molecule has 0 aliphatic heterocycles. The molecule has 108 valence electrons. The van der Waals surface area contributed by atoms with Crippen LogP contribution in [0.15, 0.2) is 35.4 Å². The summed E-state index contributed by atoms with van der Waals surface area (Å²) in [5.41, 5.74) is 4.07. The average Bonchev–Trinajstić information content (AvgIpc) is 2.96. The molecule has 1 heterocycles. The summed E-state index contributed by atoms with van der Waals surface area (Å²) in [6, 6.07) is 9.49. The molecular weight excluding hydrogens is 288 g/mol. The lowest BCUT2D eigenvalue weighted by Gasteiger charge is -2.06. The summed E-state index contributed by atoms with van der Waals surface area (Å²) in [6.07, 6.45) is 0. The summed E-state index contributed by atoms with van der Waals surface area (Å²) in [5.74, 6) is 0.357. The van der Waals surface area contributed by atoms with Crippen molar-refractivity contribution in [2.24, 2.45) is 5.10 Å². The van der Waals surface area contributed by atoms with E-state index in [0.29, 0.717) is 16.6 Å². The van der Waals surface area contributed by atoms with Crippen LogP contribution in [0.3, 0.4) is 0 Å². The fourth-order valence-corrected chi connectivity index (χ4v) is 1.61. The Labute approximate surface area is 126 Å². The molecular formula is C13H14N6OS. The lowest BCUT2D eigenvalue weighted by atomic mass is 10.3. The van der Waals surface area contributed by atoms with E-state index in [4.69, 9.17) is 12.2 Å². The van der Waals surface area contributed by atoms with E-state index in [1.807, 2.05) is 30.3 Å². The summed E-state index contributed by atoms with van der Waals surface area (Å²) < 4.78 is 0. The second-order valence-electron chi connectivity index (χ2n) is 4.19. The van der Waals surface area contributed by atoms with Crippen LogP contribution in [-0.2, 0) is 0 Å². The summed E-state index contributed by atoms with van der Waals surface area (Å²) in [6.45, 7) is 3.12. The van der Waals surface area contributed by atoms with Gasteiger partial charge in [-0.3, -0.25) is 15.3 Å². The van der Waals surface area contributed by atoms with E-state index < -0.39 is 0 Å². The number of carbonyl (C=O) groups is 1. The van der Waals surface area contributed by atoms with Crippen LogP contribution in [-0.4, -0.2) is 31.8 Å². The molecule has 7 nitrogen and oxygen atoms in total. The fourth-order valence-electron chi connectivity index (χ4n) is 1.45. The summed E-state index contributed by atoms with van der Waals surface area (Å²) in [7, 11) is 0. The Balaban J connectivity index is 1.96. The van der Waals surface area contributed by atoms with Gasteiger partial charge in [0.25, 0.3) is 0 Å². The highest BCUT2D eigenvalue weighted by Gasteiger charge is 2.09. The third-order valence-electron chi connectivity index (χ3n) is 2.50. The number of carbonyl (C=O) groups excluding carboxylic acids is 1. The van der Waals surface area contributed by atoms with E-state index in [9.17, 15) is 4.79 Å². The Morgan fingerprint density at radius 3 is 2.62 bits per heavy atom. The zero-order valence-corrected chi connectivity index (χ0v) is 12.4. The molecule has 0 spiro atoms. The molecule has 1 aromatic heterocycles. The van der Waals surface area contributed by atoms with Gasteiger partial charge in [-0.1, -0.05) is 18.2 Å². The lowest BCUT2D eigenvalue weighted by Crippen LogP contribution is -2.25. The zero-order chi connectivity index (χ0) is 15.2. The van der Waals surface area contributed by atoms with Crippen LogP contribution in [0, 0.1) is 0 Å². The molecule has 0 saturated carbocycles. The number of H-pyrrole nitrogens is 1. The molecule has 0 atom stereocenters. The minimum Gasteiger partial charge on any atom is -0.331 e. The number of rotatable bonds is 4. The van der Waals surface area contributed by atoms with Crippen molar-refractivity contribution in [3.63, 3.8) is 0 Å². The molecule has 1 aromatic carbocycles. The predicted octanol–water partition coefficient (Wildman–Crippen LogP) is 1.72. The Morgan fingerprint density at radius 1 is 1.29 bits per heavy atom. The van der Waals surface area contributed by atoms with E-state index in [1.54, 1.807) is 6.92 Å². The van der Waals surface area contributed by atoms with Gasteiger partial charge < -0.3 is 5.32 Å². The van der Waals surface area contributed by atoms with E-state index in [2.05, 4.69) is 31.0 Å². The topological polar surface area (TPSA) is 95.1 Å². The number of nitrogens with zero attached hydrogens (tertiary/aromatic N) is 3. The van der Waals surface area contributed by atoms with Crippen LogP contribution in [0.1, 0.15) is 30.3 Å². The Morgan fingerprint density at radius 2 is 2.00 bits per heavy atom. The van der Waals surface area contributed by atoms with Gasteiger partial charge >= 0.3 is 0 Å². The molecule has 21 heavy (non-hydrogen) atoms. The summed E-state index contributed by atoms with van der Waals surface area (Å²) in [5, 5.41) is 13.9. The number of nitrogens with one attached hydrogen (secondary N) is 3. The maximum Gasteiger partial charge on any atom is 0.197 e. The molecule has 0 fully saturated rings. The van der Waals surface area contributed by atoms with Gasteiger partial charge in [-0.05, 0) is 31.3 Å². The largest absolute Gasteiger partial charge is 0.331 e. The number of thiocarbonyl (C=S) groups is 1. The number of anilines is 1. The average molecular weight is 302 g/mol. The predicted molar refractivity (Wildman–Crippen MR) is 84.4 cm³/mol. The number of benzene rings is 1. The molecule has 0 unspecified atom stereocenters. The number of hydrogen-bond acceptors (Lipinski definition) is 5. The molecule has 0 radical (unpaired) electrons. The van der Waals surface area contributed by atoms with E-state index in [-0.39, 0.29) is 11.6 Å². The highest BCUT2D eigenvalue weighted by Crippen LogP contribution is 2.04. The number of aromatic amines is 1. The first-order valence-electron chi connectivity index (χ1n) is 6.16. The van der Waals surface area contributed by atoms with Crippen LogP contribution >= 0.6 is 12.2 Å². The monoisotopic (exact) mass is 302 g/mol. The van der Waals surface area contributed by atoms with Crippen LogP contribution in [0.2, 0.25) is 0 Å². The van der Waals surface area contributed by atoms with Gasteiger partial charge in [0.2, 0.25) is 0 Å². The quantitative estimate of drug-likeness (QED) is 0.344. The van der Waals surface area contributed by atoms with Gasteiger partial charge in [0.1, 0.15) is 5.71 Å². The third kappa shape index (κ3) is 4.18. The van der Waals surface area contributed by atoms with Crippen molar-refractivity contribution in [1.29, 1.82) is 0 Å². The second kappa shape index (κ2) is 6.71. The van der Waals surface area contributed by atoms with Gasteiger partial charge in [0, 0.05) is 12.6 Å². The van der Waals surface area contributed by atoms with Crippen molar-refractivity contribution in [2.75, 3.05) is 5.32 Å². The molecule has 2 aromatic rings. The first-order chi connectivity index (χ1) is 10.1. The van der Waals surface area contributed by atoms with Gasteiger partial charge in [0.05, 0.1) is 0 Å². The van der Waals surface area contributed by atoms with E-state index in [0.717, 1.165) is 5.69 Å². The van der Waals surface area contributed by atoms with Crippen molar-refractivity contribution in [3.8, 4) is 0 Å². The molecule has 0 saturated heterocycles. The fraction of sp³-hybridized carbons (Fsp3) is 0.154. The van der Waals surface area contributed by atoms with Crippen molar-refractivity contribution < 1.29 is 4.79 Å². The van der Waals surface area contributed by atoms with Gasteiger partial charge in [0.15, 0.2) is 22.5 Å². The summed E-state index contributed by atoms with van der Waals surface area (Å²) in [4.78, 5) is 15.2. The van der Waals surface area contributed by atoms with E-state index >= 15 is 0 Å². The molecule has 0 aliphatic rings. The number of aromatic nitrogens is 3. The molecule has 0 aliphatic carbocycles. The van der Waals surface area contributed by atoms with Crippen LogP contribution in [0.5, 0.6) is 0 Å². The molecule has 3 N–H and O–H groups in total. The van der Waals surface area contributed by atoms with Crippen molar-refractivity contribution in [1.82, 2.24) is 20.6 Å². The molecule has 2 rings (SSSR count). The lowest BCUT2D eigenvalue weighted by molar-refractivity contribution is 0.100. The molecule has 0 amide bonds. The maximum absolute atomic E-state index is 11.1. The van der Waals surface area contributed by atoms with Gasteiger partial charge in [-0.25, -0.2) is 4.98 Å². The summed E-state index contributed by atoms with van der Waals surface area (Å²) >= 11 is 5.12. The smallest absolute Gasteiger partial charge is 0.197 e. The van der Waals surface area contributed by atoms with Crippen molar-refractivity contribution in [2.45, 2.75) is 13.8 Å². The normalized spacial score (nSPS) is 11.0. The minimum atomic E-state index is -0.184. The first-order valence-corrected chi connectivity index (χ1v) is 6.57. The number of para-hydroxylation sites is 1.